The molecule has 1 amide bonds. The van der Waals surface area contributed by atoms with E-state index in [0.717, 1.165) is 28.1 Å². The molecule has 0 bridgehead atoms. The van der Waals surface area contributed by atoms with E-state index < -0.39 is 0 Å². The summed E-state index contributed by atoms with van der Waals surface area (Å²) < 4.78 is 5.51. The number of terminal acetylenes is 1. The minimum absolute atomic E-state index is 0.00188. The van der Waals surface area contributed by atoms with Crippen molar-refractivity contribution >= 4 is 11.6 Å². The number of hydrogen-bond acceptors (Lipinski definition) is 2. The summed E-state index contributed by atoms with van der Waals surface area (Å²) in [5.74, 6) is 3.45. The molecular weight excluding hydrogens is 274 g/mol. The quantitative estimate of drug-likeness (QED) is 0.878. The lowest BCUT2D eigenvalue weighted by molar-refractivity contribution is -0.116. The molecule has 1 atom stereocenters. The van der Waals surface area contributed by atoms with Crippen molar-refractivity contribution in [3.05, 3.63) is 59.2 Å². The van der Waals surface area contributed by atoms with E-state index in [0.29, 0.717) is 13.0 Å². The van der Waals surface area contributed by atoms with Crippen LogP contribution in [0.4, 0.5) is 5.69 Å². The molecule has 2 aromatic rings. The van der Waals surface area contributed by atoms with Gasteiger partial charge in [-0.25, -0.2) is 0 Å². The zero-order valence-corrected chi connectivity index (χ0v) is 12.4. The number of anilines is 1. The Balaban J connectivity index is 2.08. The van der Waals surface area contributed by atoms with Crippen molar-refractivity contribution in [1.82, 2.24) is 0 Å². The third kappa shape index (κ3) is 2.56. The summed E-state index contributed by atoms with van der Waals surface area (Å²) in [5, 5.41) is 2.93. The van der Waals surface area contributed by atoms with Gasteiger partial charge in [0.05, 0.1) is 6.61 Å². The van der Waals surface area contributed by atoms with Crippen molar-refractivity contribution in [2.75, 3.05) is 11.9 Å². The van der Waals surface area contributed by atoms with Gasteiger partial charge in [0, 0.05) is 29.7 Å². The third-order valence-electron chi connectivity index (χ3n) is 3.87. The molecule has 3 heteroatoms. The second-order valence-corrected chi connectivity index (χ2v) is 5.22. The van der Waals surface area contributed by atoms with Gasteiger partial charge >= 0.3 is 0 Å². The molecule has 1 N–H and O–H groups in total. The topological polar surface area (TPSA) is 38.3 Å². The summed E-state index contributed by atoms with van der Waals surface area (Å²) >= 11 is 0. The highest BCUT2D eigenvalue weighted by atomic mass is 16.5. The highest BCUT2D eigenvalue weighted by Crippen LogP contribution is 2.39. The minimum Gasteiger partial charge on any atom is -0.494 e. The number of hydrogen-bond donors (Lipinski definition) is 1. The van der Waals surface area contributed by atoms with Crippen LogP contribution in [0.1, 0.15) is 36.0 Å². The SMILES string of the molecule is C#Cc1ccccc1[C@@H]1CC(=O)Nc2cc(OCC)ccc21. The van der Waals surface area contributed by atoms with Crippen LogP contribution in [0.2, 0.25) is 0 Å². The van der Waals surface area contributed by atoms with Crippen molar-refractivity contribution in [2.45, 2.75) is 19.3 Å². The van der Waals surface area contributed by atoms with Crippen LogP contribution < -0.4 is 10.1 Å². The maximum absolute atomic E-state index is 12.1. The van der Waals surface area contributed by atoms with Crippen LogP contribution >= 0.6 is 0 Å². The maximum atomic E-state index is 12.1. The first-order valence-corrected chi connectivity index (χ1v) is 7.35. The van der Waals surface area contributed by atoms with E-state index in [4.69, 9.17) is 11.2 Å². The fourth-order valence-electron chi connectivity index (χ4n) is 2.91. The molecule has 0 saturated carbocycles. The highest BCUT2D eigenvalue weighted by Gasteiger charge is 2.28. The highest BCUT2D eigenvalue weighted by molar-refractivity contribution is 5.95. The lowest BCUT2D eigenvalue weighted by atomic mass is 9.82. The van der Waals surface area contributed by atoms with E-state index in [9.17, 15) is 4.79 Å². The van der Waals surface area contributed by atoms with Gasteiger partial charge in [0.15, 0.2) is 0 Å². The molecule has 3 nitrogen and oxygen atoms in total. The van der Waals surface area contributed by atoms with E-state index in [-0.39, 0.29) is 11.8 Å². The average Bonchev–Trinajstić information content (AvgIpc) is 2.54. The Kier molecular flexibility index (Phi) is 3.84. The molecule has 0 fully saturated rings. The molecule has 1 heterocycles. The van der Waals surface area contributed by atoms with Crippen LogP contribution in [-0.2, 0) is 4.79 Å². The van der Waals surface area contributed by atoms with Gasteiger partial charge in [-0.05, 0) is 30.2 Å². The Morgan fingerprint density at radius 1 is 1.27 bits per heavy atom. The van der Waals surface area contributed by atoms with Gasteiger partial charge in [-0.3, -0.25) is 4.79 Å². The van der Waals surface area contributed by atoms with E-state index >= 15 is 0 Å². The summed E-state index contributed by atoms with van der Waals surface area (Å²) in [4.78, 5) is 12.1. The number of rotatable bonds is 3. The Bertz CT molecular complexity index is 758. The van der Waals surface area contributed by atoms with Gasteiger partial charge in [-0.1, -0.05) is 30.2 Å². The number of benzene rings is 2. The van der Waals surface area contributed by atoms with Gasteiger partial charge in [0.2, 0.25) is 5.91 Å². The van der Waals surface area contributed by atoms with Gasteiger partial charge in [0.25, 0.3) is 0 Å². The Hall–Kier alpha value is -2.73. The number of carbonyl (C=O) groups is 1. The van der Waals surface area contributed by atoms with Crippen molar-refractivity contribution in [3.8, 4) is 18.1 Å². The average molecular weight is 291 g/mol. The Morgan fingerprint density at radius 2 is 2.09 bits per heavy atom. The van der Waals surface area contributed by atoms with Crippen LogP contribution in [0.25, 0.3) is 0 Å². The number of fused-ring (bicyclic) bond motifs is 1. The van der Waals surface area contributed by atoms with Gasteiger partial charge < -0.3 is 10.1 Å². The summed E-state index contributed by atoms with van der Waals surface area (Å²) in [6, 6.07) is 13.6. The van der Waals surface area contributed by atoms with Gasteiger partial charge in [0.1, 0.15) is 5.75 Å². The molecule has 1 aliphatic rings. The molecule has 3 rings (SSSR count). The minimum atomic E-state index is -0.0216. The molecule has 22 heavy (non-hydrogen) atoms. The number of ether oxygens (including phenoxy) is 1. The van der Waals surface area contributed by atoms with E-state index in [1.807, 2.05) is 49.4 Å². The van der Waals surface area contributed by atoms with Crippen LogP contribution in [0, 0.1) is 12.3 Å². The van der Waals surface area contributed by atoms with Crippen molar-refractivity contribution in [1.29, 1.82) is 0 Å². The predicted octanol–water partition coefficient (Wildman–Crippen LogP) is 3.54. The normalized spacial score (nSPS) is 16.4. The molecule has 110 valence electrons. The zero-order chi connectivity index (χ0) is 15.5. The molecule has 0 spiro atoms. The fraction of sp³-hybridized carbons (Fsp3) is 0.211. The van der Waals surface area contributed by atoms with Crippen molar-refractivity contribution in [2.24, 2.45) is 0 Å². The van der Waals surface area contributed by atoms with Crippen LogP contribution in [0.5, 0.6) is 5.75 Å². The molecule has 0 saturated heterocycles. The van der Waals surface area contributed by atoms with Crippen molar-refractivity contribution < 1.29 is 9.53 Å². The molecule has 1 aliphatic heterocycles. The Labute approximate surface area is 130 Å². The van der Waals surface area contributed by atoms with Gasteiger partial charge in [-0.2, -0.15) is 0 Å². The lowest BCUT2D eigenvalue weighted by Crippen LogP contribution is -2.24. The summed E-state index contributed by atoms with van der Waals surface area (Å²) in [6.45, 7) is 2.53. The molecule has 0 radical (unpaired) electrons. The van der Waals surface area contributed by atoms with E-state index in [1.54, 1.807) is 0 Å². The number of nitrogens with one attached hydrogen (secondary N) is 1. The zero-order valence-electron chi connectivity index (χ0n) is 12.4. The molecule has 0 aromatic heterocycles. The first-order chi connectivity index (χ1) is 10.7. The molecule has 2 aromatic carbocycles. The summed E-state index contributed by atoms with van der Waals surface area (Å²) in [5.41, 5.74) is 3.73. The number of amides is 1. The summed E-state index contributed by atoms with van der Waals surface area (Å²) in [6.07, 6.45) is 6.01. The fourth-order valence-corrected chi connectivity index (χ4v) is 2.91. The monoisotopic (exact) mass is 291 g/mol. The first-order valence-electron chi connectivity index (χ1n) is 7.35. The third-order valence-corrected chi connectivity index (χ3v) is 3.87. The van der Waals surface area contributed by atoms with Crippen LogP contribution in [0.3, 0.4) is 0 Å². The van der Waals surface area contributed by atoms with E-state index in [1.165, 1.54) is 0 Å². The van der Waals surface area contributed by atoms with Crippen LogP contribution in [0.15, 0.2) is 42.5 Å². The second-order valence-electron chi connectivity index (χ2n) is 5.22. The molecular formula is C19H17NO2. The van der Waals surface area contributed by atoms with Gasteiger partial charge in [-0.15, -0.1) is 6.42 Å². The molecule has 0 aliphatic carbocycles. The lowest BCUT2D eigenvalue weighted by Gasteiger charge is -2.27. The smallest absolute Gasteiger partial charge is 0.225 e. The first kappa shape index (κ1) is 14.2. The Morgan fingerprint density at radius 3 is 2.86 bits per heavy atom. The number of carbonyl (C=O) groups excluding carboxylic acids is 1. The molecule has 0 unspecified atom stereocenters. The maximum Gasteiger partial charge on any atom is 0.225 e. The second kappa shape index (κ2) is 5.95. The standard InChI is InChI=1S/C19H17NO2/c1-3-13-7-5-6-8-15(13)17-12-19(21)20-18-11-14(22-4-2)9-10-16(17)18/h1,5-11,17H,4,12H2,2H3,(H,20,21)/t17-/m0/s1. The van der Waals surface area contributed by atoms with Crippen LogP contribution in [-0.4, -0.2) is 12.5 Å². The summed E-state index contributed by atoms with van der Waals surface area (Å²) in [7, 11) is 0. The predicted molar refractivity (Wildman–Crippen MR) is 87.1 cm³/mol. The largest absolute Gasteiger partial charge is 0.494 e. The van der Waals surface area contributed by atoms with Crippen molar-refractivity contribution in [3.63, 3.8) is 0 Å². The van der Waals surface area contributed by atoms with E-state index in [2.05, 4.69) is 11.2 Å².